The first kappa shape index (κ1) is 7.21. The van der Waals surface area contributed by atoms with Gasteiger partial charge in [0, 0.05) is 11.1 Å². The van der Waals surface area contributed by atoms with Gasteiger partial charge in [0.1, 0.15) is 5.69 Å². The third kappa shape index (κ3) is 1.33. The number of aromatic amines is 1. The second kappa shape index (κ2) is 2.79. The van der Waals surface area contributed by atoms with E-state index in [0.717, 1.165) is 4.90 Å². The molecule has 0 amide bonds. The largest absolute Gasteiger partial charge is 0.464 e. The third-order valence-corrected chi connectivity index (χ3v) is 1.33. The first-order chi connectivity index (χ1) is 4.74. The normalized spacial score (nSPS) is 9.40. The lowest BCUT2D eigenvalue weighted by Crippen LogP contribution is -2.00. The number of hydrogen-bond acceptors (Lipinski definition) is 3. The molecule has 0 aliphatic heterocycles. The first-order valence-corrected chi connectivity index (χ1v) is 3.14. The van der Waals surface area contributed by atoms with Crippen LogP contribution in [0.5, 0.6) is 0 Å². The molecular formula is C6H7NO2S. The zero-order valence-electron chi connectivity index (χ0n) is 5.42. The Bertz CT molecular complexity index is 244. The monoisotopic (exact) mass is 157 g/mol. The molecule has 1 rings (SSSR count). The Morgan fingerprint density at radius 1 is 1.80 bits per heavy atom. The van der Waals surface area contributed by atoms with Crippen LogP contribution in [0.25, 0.3) is 0 Å². The maximum atomic E-state index is 10.7. The lowest BCUT2D eigenvalue weighted by Gasteiger charge is -1.91. The highest BCUT2D eigenvalue weighted by molar-refractivity contribution is 7.80. The lowest BCUT2D eigenvalue weighted by atomic mass is 10.4. The van der Waals surface area contributed by atoms with Gasteiger partial charge in [-0.25, -0.2) is 4.79 Å². The van der Waals surface area contributed by atoms with Gasteiger partial charge in [-0.1, -0.05) is 0 Å². The van der Waals surface area contributed by atoms with Gasteiger partial charge in [0.2, 0.25) is 0 Å². The predicted molar refractivity (Wildman–Crippen MR) is 39.4 cm³/mol. The number of carbonyl (C=O) groups excluding carboxylic acids is 1. The zero-order valence-corrected chi connectivity index (χ0v) is 6.31. The van der Waals surface area contributed by atoms with Crippen molar-refractivity contribution in [3.63, 3.8) is 0 Å². The summed E-state index contributed by atoms with van der Waals surface area (Å²) in [5.74, 6) is -0.375. The molecule has 3 nitrogen and oxygen atoms in total. The molecule has 54 valence electrons. The third-order valence-electron chi connectivity index (χ3n) is 1.07. The number of H-pyrrole nitrogens is 1. The molecule has 0 radical (unpaired) electrons. The quantitative estimate of drug-likeness (QED) is 0.473. The number of rotatable bonds is 1. The molecule has 0 fully saturated rings. The fraction of sp³-hybridized carbons (Fsp3) is 0.167. The van der Waals surface area contributed by atoms with Crippen molar-refractivity contribution in [1.29, 1.82) is 0 Å². The highest BCUT2D eigenvalue weighted by Gasteiger charge is 2.05. The number of hydrogen-bond donors (Lipinski definition) is 2. The predicted octanol–water partition coefficient (Wildman–Crippen LogP) is 1.09. The second-order valence-electron chi connectivity index (χ2n) is 1.76. The summed E-state index contributed by atoms with van der Waals surface area (Å²) in [6.45, 7) is 0. The number of ether oxygens (including phenoxy) is 1. The van der Waals surface area contributed by atoms with Crippen LogP contribution in [0.3, 0.4) is 0 Å². The zero-order chi connectivity index (χ0) is 7.56. The average Bonchev–Trinajstić information content (AvgIpc) is 2.34. The molecule has 0 aliphatic rings. The molecule has 10 heavy (non-hydrogen) atoms. The van der Waals surface area contributed by atoms with E-state index in [4.69, 9.17) is 0 Å². The van der Waals surface area contributed by atoms with Gasteiger partial charge in [0.15, 0.2) is 0 Å². The molecule has 1 N–H and O–H groups in total. The Kier molecular flexibility index (Phi) is 2.01. The maximum Gasteiger partial charge on any atom is 0.354 e. The van der Waals surface area contributed by atoms with Crippen molar-refractivity contribution in [3.8, 4) is 0 Å². The Labute approximate surface area is 63.8 Å². The minimum atomic E-state index is -0.375. The van der Waals surface area contributed by atoms with E-state index in [1.807, 2.05) is 0 Å². The number of methoxy groups -OCH3 is 1. The van der Waals surface area contributed by atoms with E-state index in [1.54, 1.807) is 12.3 Å². The molecule has 0 aromatic carbocycles. The molecule has 4 heteroatoms. The summed E-state index contributed by atoms with van der Waals surface area (Å²) in [6, 6.07) is 1.61. The summed E-state index contributed by atoms with van der Waals surface area (Å²) < 4.78 is 4.45. The number of aromatic nitrogens is 1. The van der Waals surface area contributed by atoms with E-state index < -0.39 is 0 Å². The molecular weight excluding hydrogens is 150 g/mol. The average molecular weight is 157 g/mol. The fourth-order valence-corrected chi connectivity index (χ4v) is 0.804. The van der Waals surface area contributed by atoms with E-state index in [1.165, 1.54) is 7.11 Å². The van der Waals surface area contributed by atoms with Crippen molar-refractivity contribution in [2.24, 2.45) is 0 Å². The van der Waals surface area contributed by atoms with Crippen molar-refractivity contribution in [1.82, 2.24) is 4.98 Å². The fourth-order valence-electron chi connectivity index (χ4n) is 0.611. The second-order valence-corrected chi connectivity index (χ2v) is 2.28. The van der Waals surface area contributed by atoms with Crippen molar-refractivity contribution in [2.45, 2.75) is 4.90 Å². The summed E-state index contributed by atoms with van der Waals surface area (Å²) in [4.78, 5) is 14.2. The molecule has 1 heterocycles. The smallest absolute Gasteiger partial charge is 0.354 e. The number of thiol groups is 1. The van der Waals surface area contributed by atoms with E-state index in [2.05, 4.69) is 22.3 Å². The minimum Gasteiger partial charge on any atom is -0.464 e. The molecule has 0 atom stereocenters. The van der Waals surface area contributed by atoms with E-state index in [0.29, 0.717) is 5.69 Å². The first-order valence-electron chi connectivity index (χ1n) is 2.69. The van der Waals surface area contributed by atoms with Gasteiger partial charge in [-0.3, -0.25) is 0 Å². The van der Waals surface area contributed by atoms with Crippen LogP contribution in [0, 0.1) is 0 Å². The Hall–Kier alpha value is -0.900. The Morgan fingerprint density at radius 3 is 2.90 bits per heavy atom. The van der Waals surface area contributed by atoms with Crippen LogP contribution in [-0.2, 0) is 4.74 Å². The molecule has 1 aromatic heterocycles. The van der Waals surface area contributed by atoms with Gasteiger partial charge in [0.25, 0.3) is 0 Å². The van der Waals surface area contributed by atoms with Gasteiger partial charge >= 0.3 is 5.97 Å². The molecule has 1 aromatic rings. The Balaban J connectivity index is 2.85. The minimum absolute atomic E-state index is 0.375. The van der Waals surface area contributed by atoms with Crippen LogP contribution in [0.2, 0.25) is 0 Å². The van der Waals surface area contributed by atoms with Crippen molar-refractivity contribution in [3.05, 3.63) is 18.0 Å². The highest BCUT2D eigenvalue weighted by Crippen LogP contribution is 2.07. The standard InChI is InChI=1S/C6H7NO2S/c1-9-6(8)5-2-4(10)3-7-5/h2-3,7,10H,1H3. The van der Waals surface area contributed by atoms with Gasteiger partial charge < -0.3 is 9.72 Å². The molecule has 0 saturated heterocycles. The molecule has 0 saturated carbocycles. The summed E-state index contributed by atoms with van der Waals surface area (Å²) in [7, 11) is 1.33. The molecule has 0 spiro atoms. The van der Waals surface area contributed by atoms with Crippen LogP contribution in [0.15, 0.2) is 17.2 Å². The number of nitrogens with one attached hydrogen (secondary N) is 1. The van der Waals surface area contributed by atoms with Gasteiger partial charge in [0.05, 0.1) is 7.11 Å². The number of esters is 1. The summed E-state index contributed by atoms with van der Waals surface area (Å²) in [5, 5.41) is 0. The topological polar surface area (TPSA) is 42.1 Å². The highest BCUT2D eigenvalue weighted by atomic mass is 32.1. The number of carbonyl (C=O) groups is 1. The molecule has 0 unspecified atom stereocenters. The lowest BCUT2D eigenvalue weighted by molar-refractivity contribution is 0.0595. The molecule has 0 bridgehead atoms. The Morgan fingerprint density at radius 2 is 2.50 bits per heavy atom. The summed E-state index contributed by atoms with van der Waals surface area (Å²) in [6.07, 6.45) is 1.62. The summed E-state index contributed by atoms with van der Waals surface area (Å²) >= 11 is 4.00. The van der Waals surface area contributed by atoms with Gasteiger partial charge in [-0.15, -0.1) is 12.6 Å². The van der Waals surface area contributed by atoms with Crippen LogP contribution >= 0.6 is 12.6 Å². The van der Waals surface area contributed by atoms with Crippen molar-refractivity contribution >= 4 is 18.6 Å². The summed E-state index contributed by atoms with van der Waals surface area (Å²) in [5.41, 5.74) is 0.424. The van der Waals surface area contributed by atoms with Crippen molar-refractivity contribution in [2.75, 3.05) is 7.11 Å². The van der Waals surface area contributed by atoms with E-state index in [9.17, 15) is 4.79 Å². The van der Waals surface area contributed by atoms with Crippen LogP contribution in [-0.4, -0.2) is 18.1 Å². The molecule has 0 aliphatic carbocycles. The van der Waals surface area contributed by atoms with Crippen molar-refractivity contribution < 1.29 is 9.53 Å². The maximum absolute atomic E-state index is 10.7. The SMILES string of the molecule is COC(=O)c1cc(S)c[nH]1. The van der Waals surface area contributed by atoms with Gasteiger partial charge in [-0.2, -0.15) is 0 Å². The van der Waals surface area contributed by atoms with E-state index >= 15 is 0 Å². The van der Waals surface area contributed by atoms with Crippen LogP contribution in [0.4, 0.5) is 0 Å². The van der Waals surface area contributed by atoms with Crippen LogP contribution < -0.4 is 0 Å². The van der Waals surface area contributed by atoms with Gasteiger partial charge in [-0.05, 0) is 6.07 Å². The van der Waals surface area contributed by atoms with E-state index in [-0.39, 0.29) is 5.97 Å². The van der Waals surface area contributed by atoms with Crippen LogP contribution in [0.1, 0.15) is 10.5 Å².